The van der Waals surface area contributed by atoms with Crippen LogP contribution in [-0.4, -0.2) is 31.2 Å². The average molecular weight is 449 g/mol. The number of benzene rings is 3. The van der Waals surface area contributed by atoms with Gasteiger partial charge in [0, 0.05) is 18.3 Å². The normalized spacial score (nSPS) is 15.8. The zero-order valence-electron chi connectivity index (χ0n) is 18.7. The SMILES string of the molecule is Cc1ccc(S(=O)(=O)N(CC(=O)N2c3ccccc3CC2C)Cc2cccc(C)c2)cc1. The van der Waals surface area contributed by atoms with Crippen molar-refractivity contribution < 1.29 is 13.2 Å². The molecule has 1 atom stereocenters. The van der Waals surface area contributed by atoms with Crippen molar-refractivity contribution in [2.75, 3.05) is 11.4 Å². The Morgan fingerprint density at radius 1 is 0.969 bits per heavy atom. The second kappa shape index (κ2) is 8.88. The summed E-state index contributed by atoms with van der Waals surface area (Å²) < 4.78 is 28.4. The molecular formula is C26H28N2O3S. The summed E-state index contributed by atoms with van der Waals surface area (Å²) in [5.41, 5.74) is 4.85. The van der Waals surface area contributed by atoms with E-state index in [-0.39, 0.29) is 29.9 Å². The van der Waals surface area contributed by atoms with Crippen molar-refractivity contribution in [3.8, 4) is 0 Å². The highest BCUT2D eigenvalue weighted by atomic mass is 32.2. The quantitative estimate of drug-likeness (QED) is 0.559. The van der Waals surface area contributed by atoms with E-state index in [9.17, 15) is 13.2 Å². The number of hydrogen-bond donors (Lipinski definition) is 0. The molecule has 166 valence electrons. The number of sulfonamides is 1. The molecule has 1 heterocycles. The summed E-state index contributed by atoms with van der Waals surface area (Å²) >= 11 is 0. The van der Waals surface area contributed by atoms with E-state index in [0.717, 1.165) is 34.4 Å². The van der Waals surface area contributed by atoms with Gasteiger partial charge in [-0.05, 0) is 56.5 Å². The summed E-state index contributed by atoms with van der Waals surface area (Å²) in [4.78, 5) is 15.4. The molecule has 0 saturated heterocycles. The number of carbonyl (C=O) groups excluding carboxylic acids is 1. The smallest absolute Gasteiger partial charge is 0.243 e. The van der Waals surface area contributed by atoms with Gasteiger partial charge in [0.05, 0.1) is 11.4 Å². The lowest BCUT2D eigenvalue weighted by Crippen LogP contribution is -2.44. The molecule has 1 unspecified atom stereocenters. The summed E-state index contributed by atoms with van der Waals surface area (Å²) in [6.45, 7) is 5.79. The summed E-state index contributed by atoms with van der Waals surface area (Å²) in [6, 6.07) is 22.3. The molecule has 0 bridgehead atoms. The minimum absolute atomic E-state index is 0.0113. The van der Waals surface area contributed by atoms with Gasteiger partial charge in [0.25, 0.3) is 0 Å². The van der Waals surface area contributed by atoms with Crippen LogP contribution >= 0.6 is 0 Å². The van der Waals surface area contributed by atoms with Crippen LogP contribution in [0, 0.1) is 13.8 Å². The van der Waals surface area contributed by atoms with Gasteiger partial charge in [0.1, 0.15) is 0 Å². The summed E-state index contributed by atoms with van der Waals surface area (Å²) in [5, 5.41) is 0. The fraction of sp³-hybridized carbons (Fsp3) is 0.269. The second-order valence-electron chi connectivity index (χ2n) is 8.52. The highest BCUT2D eigenvalue weighted by Gasteiger charge is 2.34. The number of nitrogens with zero attached hydrogens (tertiary/aromatic N) is 2. The lowest BCUT2D eigenvalue weighted by Gasteiger charge is -2.27. The van der Waals surface area contributed by atoms with E-state index >= 15 is 0 Å². The highest BCUT2D eigenvalue weighted by molar-refractivity contribution is 7.89. The number of carbonyl (C=O) groups is 1. The van der Waals surface area contributed by atoms with Crippen LogP contribution < -0.4 is 4.90 Å². The molecular weight excluding hydrogens is 420 g/mol. The predicted octanol–water partition coefficient (Wildman–Crippen LogP) is 4.47. The maximum Gasteiger partial charge on any atom is 0.243 e. The molecule has 3 aromatic carbocycles. The molecule has 1 aliphatic rings. The minimum atomic E-state index is -3.86. The fourth-order valence-electron chi connectivity index (χ4n) is 4.27. The van der Waals surface area contributed by atoms with Crippen LogP contribution in [0.4, 0.5) is 5.69 Å². The molecule has 0 radical (unpaired) electrons. The number of para-hydroxylation sites is 1. The minimum Gasteiger partial charge on any atom is -0.308 e. The van der Waals surface area contributed by atoms with Crippen molar-refractivity contribution in [2.45, 2.75) is 44.7 Å². The average Bonchev–Trinajstić information content (AvgIpc) is 3.09. The first kappa shape index (κ1) is 22.2. The molecule has 32 heavy (non-hydrogen) atoms. The van der Waals surface area contributed by atoms with Gasteiger partial charge in [0.15, 0.2) is 0 Å². The zero-order valence-corrected chi connectivity index (χ0v) is 19.5. The largest absolute Gasteiger partial charge is 0.308 e. The van der Waals surface area contributed by atoms with Gasteiger partial charge < -0.3 is 4.90 Å². The topological polar surface area (TPSA) is 57.7 Å². The van der Waals surface area contributed by atoms with E-state index < -0.39 is 10.0 Å². The lowest BCUT2D eigenvalue weighted by molar-refractivity contribution is -0.119. The van der Waals surface area contributed by atoms with Gasteiger partial charge >= 0.3 is 0 Å². The first-order valence-electron chi connectivity index (χ1n) is 10.8. The standard InChI is InChI=1S/C26H28N2O3S/c1-19-11-13-24(14-12-19)32(30,31)27(17-22-8-6-7-20(2)15-22)18-26(29)28-21(3)16-23-9-4-5-10-25(23)28/h4-15,21H,16-18H2,1-3H3. The van der Waals surface area contributed by atoms with E-state index in [0.29, 0.717) is 0 Å². The number of amides is 1. The Labute approximate surface area is 190 Å². The Balaban J connectivity index is 1.68. The molecule has 0 saturated carbocycles. The van der Waals surface area contributed by atoms with Crippen LogP contribution in [0.5, 0.6) is 0 Å². The Morgan fingerprint density at radius 3 is 2.41 bits per heavy atom. The van der Waals surface area contributed by atoms with Gasteiger partial charge in [-0.15, -0.1) is 0 Å². The van der Waals surface area contributed by atoms with Crippen molar-refractivity contribution in [3.63, 3.8) is 0 Å². The molecule has 5 nitrogen and oxygen atoms in total. The summed E-state index contributed by atoms with van der Waals surface area (Å²) in [6.07, 6.45) is 0.768. The zero-order chi connectivity index (χ0) is 22.9. The van der Waals surface area contributed by atoms with Crippen molar-refractivity contribution >= 4 is 21.6 Å². The Kier molecular flexibility index (Phi) is 6.17. The second-order valence-corrected chi connectivity index (χ2v) is 10.5. The van der Waals surface area contributed by atoms with Crippen molar-refractivity contribution in [1.82, 2.24) is 4.31 Å². The summed E-state index contributed by atoms with van der Waals surface area (Å²) in [7, 11) is -3.86. The number of hydrogen-bond acceptors (Lipinski definition) is 3. The molecule has 1 aliphatic heterocycles. The van der Waals surface area contributed by atoms with Gasteiger partial charge in [-0.25, -0.2) is 8.42 Å². The number of anilines is 1. The van der Waals surface area contributed by atoms with Crippen LogP contribution in [0.2, 0.25) is 0 Å². The van der Waals surface area contributed by atoms with Gasteiger partial charge in [-0.2, -0.15) is 4.31 Å². The molecule has 1 amide bonds. The summed E-state index contributed by atoms with van der Waals surface area (Å²) in [5.74, 6) is -0.217. The fourth-order valence-corrected chi connectivity index (χ4v) is 5.65. The monoisotopic (exact) mass is 448 g/mol. The first-order valence-corrected chi connectivity index (χ1v) is 12.2. The van der Waals surface area contributed by atoms with E-state index in [1.54, 1.807) is 29.2 Å². The van der Waals surface area contributed by atoms with Gasteiger partial charge in [-0.3, -0.25) is 4.79 Å². The van der Waals surface area contributed by atoms with E-state index in [1.807, 2.05) is 69.3 Å². The molecule has 0 aliphatic carbocycles. The Hall–Kier alpha value is -2.96. The third-order valence-electron chi connectivity index (χ3n) is 5.89. The van der Waals surface area contributed by atoms with Crippen LogP contribution in [-0.2, 0) is 27.8 Å². The van der Waals surface area contributed by atoms with E-state index in [2.05, 4.69) is 0 Å². The van der Waals surface area contributed by atoms with Crippen molar-refractivity contribution in [2.24, 2.45) is 0 Å². The van der Waals surface area contributed by atoms with Crippen molar-refractivity contribution in [1.29, 1.82) is 0 Å². The third-order valence-corrected chi connectivity index (χ3v) is 7.69. The highest BCUT2D eigenvalue weighted by Crippen LogP contribution is 2.32. The molecule has 6 heteroatoms. The van der Waals surface area contributed by atoms with Crippen LogP contribution in [0.3, 0.4) is 0 Å². The number of rotatable bonds is 6. The van der Waals surface area contributed by atoms with Crippen LogP contribution in [0.15, 0.2) is 77.7 Å². The van der Waals surface area contributed by atoms with Crippen LogP contribution in [0.25, 0.3) is 0 Å². The molecule has 0 N–H and O–H groups in total. The molecule has 4 rings (SSSR count). The Morgan fingerprint density at radius 2 is 1.69 bits per heavy atom. The third kappa shape index (κ3) is 4.47. The molecule has 3 aromatic rings. The number of aryl methyl sites for hydroxylation is 2. The predicted molar refractivity (Wildman–Crippen MR) is 127 cm³/mol. The molecule has 0 spiro atoms. The molecule has 0 aromatic heterocycles. The van der Waals surface area contributed by atoms with Gasteiger partial charge in [0.2, 0.25) is 15.9 Å². The van der Waals surface area contributed by atoms with Gasteiger partial charge in [-0.1, -0.05) is 65.7 Å². The first-order chi connectivity index (χ1) is 15.3. The van der Waals surface area contributed by atoms with E-state index in [1.165, 1.54) is 4.31 Å². The molecule has 0 fully saturated rings. The maximum atomic E-state index is 13.6. The van der Waals surface area contributed by atoms with Crippen LogP contribution in [0.1, 0.15) is 29.2 Å². The Bertz CT molecular complexity index is 1240. The van der Waals surface area contributed by atoms with Crippen molar-refractivity contribution in [3.05, 3.63) is 95.1 Å². The number of fused-ring (bicyclic) bond motifs is 1. The lowest BCUT2D eigenvalue weighted by atomic mass is 10.1. The van der Waals surface area contributed by atoms with E-state index in [4.69, 9.17) is 0 Å². The maximum absolute atomic E-state index is 13.6.